The van der Waals surface area contributed by atoms with E-state index in [4.69, 9.17) is 5.73 Å². The van der Waals surface area contributed by atoms with Gasteiger partial charge in [-0.2, -0.15) is 0 Å². The van der Waals surface area contributed by atoms with Crippen LogP contribution in [0, 0.1) is 11.2 Å². The van der Waals surface area contributed by atoms with Gasteiger partial charge in [-0.25, -0.2) is 4.39 Å². The Labute approximate surface area is 110 Å². The number of anilines is 2. The summed E-state index contributed by atoms with van der Waals surface area (Å²) in [6.45, 7) is 4.51. The third-order valence-electron chi connectivity index (χ3n) is 3.68. The lowest BCUT2D eigenvalue weighted by atomic mass is 9.87. The van der Waals surface area contributed by atoms with E-state index in [1.54, 1.807) is 6.07 Å². The summed E-state index contributed by atoms with van der Waals surface area (Å²) in [6.07, 6.45) is 3.58. The zero-order valence-corrected chi connectivity index (χ0v) is 11.8. The number of hydrogen-bond donors (Lipinski definition) is 2. The van der Waals surface area contributed by atoms with E-state index in [0.717, 1.165) is 12.1 Å². The summed E-state index contributed by atoms with van der Waals surface area (Å²) in [5.41, 5.74) is 7.39. The minimum Gasteiger partial charge on any atom is -0.397 e. The molecule has 1 unspecified atom stereocenters. The third kappa shape index (κ3) is 2.57. The van der Waals surface area contributed by atoms with E-state index in [-0.39, 0.29) is 11.2 Å². The molecule has 4 heteroatoms. The molecule has 0 aliphatic heterocycles. The fourth-order valence-corrected chi connectivity index (χ4v) is 2.81. The fourth-order valence-electron chi connectivity index (χ4n) is 2.47. The quantitative estimate of drug-likeness (QED) is 0.805. The molecular formula is C13H18BrFN2. The summed E-state index contributed by atoms with van der Waals surface area (Å²) >= 11 is 3.19. The van der Waals surface area contributed by atoms with Crippen LogP contribution in [0.3, 0.4) is 0 Å². The van der Waals surface area contributed by atoms with Crippen LogP contribution in [0.2, 0.25) is 0 Å². The van der Waals surface area contributed by atoms with Crippen LogP contribution in [0.4, 0.5) is 15.8 Å². The summed E-state index contributed by atoms with van der Waals surface area (Å²) in [7, 11) is 0. The van der Waals surface area contributed by atoms with E-state index in [2.05, 4.69) is 35.1 Å². The van der Waals surface area contributed by atoms with Crippen molar-refractivity contribution < 1.29 is 4.39 Å². The van der Waals surface area contributed by atoms with E-state index in [1.807, 2.05) is 0 Å². The average molecular weight is 301 g/mol. The molecule has 2 rings (SSSR count). The van der Waals surface area contributed by atoms with Crippen molar-refractivity contribution in [1.29, 1.82) is 0 Å². The predicted molar refractivity (Wildman–Crippen MR) is 73.6 cm³/mol. The lowest BCUT2D eigenvalue weighted by Crippen LogP contribution is -2.31. The van der Waals surface area contributed by atoms with Crippen LogP contribution in [0.25, 0.3) is 0 Å². The lowest BCUT2D eigenvalue weighted by Gasteiger charge is -2.29. The Morgan fingerprint density at radius 2 is 2.18 bits per heavy atom. The van der Waals surface area contributed by atoms with Crippen LogP contribution in [-0.4, -0.2) is 6.04 Å². The maximum absolute atomic E-state index is 13.3. The van der Waals surface area contributed by atoms with Gasteiger partial charge in [0, 0.05) is 12.1 Å². The molecule has 94 valence electrons. The fraction of sp³-hybridized carbons (Fsp3) is 0.538. The first-order valence-corrected chi connectivity index (χ1v) is 6.70. The van der Waals surface area contributed by atoms with Gasteiger partial charge in [0.2, 0.25) is 0 Å². The molecule has 1 saturated carbocycles. The van der Waals surface area contributed by atoms with Gasteiger partial charge in [0.1, 0.15) is 5.82 Å². The number of rotatable bonds is 2. The molecule has 1 aromatic carbocycles. The number of halogens is 2. The normalized spacial score (nSPS) is 22.7. The molecule has 1 atom stereocenters. The molecule has 2 nitrogen and oxygen atoms in total. The standard InChI is InChI=1S/C13H18BrFN2/c1-13(2)5-3-4-12(13)17-11-6-8(14)9(15)7-10(11)16/h6-7,12,17H,3-5,16H2,1-2H3. The molecule has 0 aromatic heterocycles. The first kappa shape index (κ1) is 12.7. The van der Waals surface area contributed by atoms with Crippen molar-refractivity contribution >= 4 is 27.3 Å². The van der Waals surface area contributed by atoms with Crippen molar-refractivity contribution in [2.24, 2.45) is 5.41 Å². The molecular weight excluding hydrogens is 283 g/mol. The predicted octanol–water partition coefficient (Wildman–Crippen LogP) is 4.16. The second kappa shape index (κ2) is 4.48. The third-order valence-corrected chi connectivity index (χ3v) is 4.29. The number of hydrogen-bond acceptors (Lipinski definition) is 2. The summed E-state index contributed by atoms with van der Waals surface area (Å²) < 4.78 is 13.7. The monoisotopic (exact) mass is 300 g/mol. The highest BCUT2D eigenvalue weighted by Crippen LogP contribution is 2.40. The van der Waals surface area contributed by atoms with E-state index in [1.165, 1.54) is 18.9 Å². The van der Waals surface area contributed by atoms with Crippen LogP contribution in [0.15, 0.2) is 16.6 Å². The Morgan fingerprint density at radius 3 is 2.76 bits per heavy atom. The van der Waals surface area contributed by atoms with Gasteiger partial charge in [-0.3, -0.25) is 0 Å². The first-order chi connectivity index (χ1) is 7.90. The van der Waals surface area contributed by atoms with Crippen molar-refractivity contribution in [1.82, 2.24) is 0 Å². The summed E-state index contributed by atoms with van der Waals surface area (Å²) in [6, 6.07) is 3.48. The van der Waals surface area contributed by atoms with Crippen molar-refractivity contribution in [3.8, 4) is 0 Å². The Balaban J connectivity index is 2.22. The maximum atomic E-state index is 13.3. The number of nitrogen functional groups attached to an aromatic ring is 1. The molecule has 1 aromatic rings. The van der Waals surface area contributed by atoms with Crippen LogP contribution >= 0.6 is 15.9 Å². The van der Waals surface area contributed by atoms with E-state index in [0.29, 0.717) is 16.2 Å². The minimum absolute atomic E-state index is 0.271. The largest absolute Gasteiger partial charge is 0.397 e. The van der Waals surface area contributed by atoms with Gasteiger partial charge in [0.15, 0.2) is 0 Å². The number of nitrogens with one attached hydrogen (secondary N) is 1. The number of benzene rings is 1. The van der Waals surface area contributed by atoms with Crippen LogP contribution < -0.4 is 11.1 Å². The Morgan fingerprint density at radius 1 is 1.47 bits per heavy atom. The SMILES string of the molecule is CC1(C)CCCC1Nc1cc(Br)c(F)cc1N. The van der Waals surface area contributed by atoms with Crippen LogP contribution in [0.5, 0.6) is 0 Å². The van der Waals surface area contributed by atoms with Gasteiger partial charge in [-0.1, -0.05) is 20.3 Å². The highest BCUT2D eigenvalue weighted by atomic mass is 79.9. The van der Waals surface area contributed by atoms with Crippen molar-refractivity contribution in [2.45, 2.75) is 39.2 Å². The first-order valence-electron chi connectivity index (χ1n) is 5.91. The van der Waals surface area contributed by atoms with Gasteiger partial charge < -0.3 is 11.1 Å². The molecule has 0 heterocycles. The molecule has 0 radical (unpaired) electrons. The lowest BCUT2D eigenvalue weighted by molar-refractivity contribution is 0.350. The van der Waals surface area contributed by atoms with Gasteiger partial charge in [-0.15, -0.1) is 0 Å². The second-order valence-electron chi connectivity index (χ2n) is 5.43. The van der Waals surface area contributed by atoms with Gasteiger partial charge in [0.05, 0.1) is 15.8 Å². The number of nitrogens with two attached hydrogens (primary N) is 1. The second-order valence-corrected chi connectivity index (χ2v) is 6.29. The van der Waals surface area contributed by atoms with E-state index >= 15 is 0 Å². The van der Waals surface area contributed by atoms with E-state index < -0.39 is 0 Å². The Kier molecular flexibility index (Phi) is 3.34. The molecule has 1 fully saturated rings. The smallest absolute Gasteiger partial charge is 0.139 e. The zero-order chi connectivity index (χ0) is 12.6. The molecule has 0 amide bonds. The van der Waals surface area contributed by atoms with Crippen molar-refractivity contribution in [2.75, 3.05) is 11.1 Å². The van der Waals surface area contributed by atoms with Crippen molar-refractivity contribution in [3.05, 3.63) is 22.4 Å². The molecule has 1 aliphatic carbocycles. The van der Waals surface area contributed by atoms with Gasteiger partial charge in [0.25, 0.3) is 0 Å². The van der Waals surface area contributed by atoms with Crippen molar-refractivity contribution in [3.63, 3.8) is 0 Å². The Bertz CT molecular complexity index is 432. The average Bonchev–Trinajstić information content (AvgIpc) is 2.55. The molecule has 1 aliphatic rings. The molecule has 0 spiro atoms. The highest BCUT2D eigenvalue weighted by Gasteiger charge is 2.34. The molecule has 3 N–H and O–H groups in total. The topological polar surface area (TPSA) is 38.0 Å². The molecule has 17 heavy (non-hydrogen) atoms. The van der Waals surface area contributed by atoms with E-state index in [9.17, 15) is 4.39 Å². The minimum atomic E-state index is -0.321. The van der Waals surface area contributed by atoms with Crippen LogP contribution in [0.1, 0.15) is 33.1 Å². The maximum Gasteiger partial charge on any atom is 0.139 e. The van der Waals surface area contributed by atoms with Gasteiger partial charge >= 0.3 is 0 Å². The van der Waals surface area contributed by atoms with Crippen LogP contribution in [-0.2, 0) is 0 Å². The molecule has 0 saturated heterocycles. The summed E-state index contributed by atoms with van der Waals surface area (Å²) in [4.78, 5) is 0. The summed E-state index contributed by atoms with van der Waals surface area (Å²) in [5.74, 6) is -0.321. The molecule has 0 bridgehead atoms. The highest BCUT2D eigenvalue weighted by molar-refractivity contribution is 9.10. The Hall–Kier alpha value is -0.770. The van der Waals surface area contributed by atoms with Gasteiger partial charge in [-0.05, 0) is 40.3 Å². The summed E-state index contributed by atoms with van der Waals surface area (Å²) in [5, 5.41) is 3.45. The zero-order valence-electron chi connectivity index (χ0n) is 10.2.